The molecule has 0 heterocycles. The molecule has 0 aliphatic rings. The average Bonchev–Trinajstić information content (AvgIpc) is 2.31. The lowest BCUT2D eigenvalue weighted by Gasteiger charge is -2.10. The van der Waals surface area contributed by atoms with Gasteiger partial charge >= 0.3 is 11.9 Å². The van der Waals surface area contributed by atoms with E-state index in [9.17, 15) is 9.59 Å². The van der Waals surface area contributed by atoms with Crippen LogP contribution < -0.4 is 0 Å². The molecule has 104 valence electrons. The van der Waals surface area contributed by atoms with Crippen LogP contribution in [0.3, 0.4) is 0 Å². The zero-order valence-electron chi connectivity index (χ0n) is 11.8. The number of unbranched alkanes of at least 4 members (excludes halogenated alkanes) is 1. The molecule has 0 aliphatic heterocycles. The monoisotopic (exact) mass is 256 g/mol. The summed E-state index contributed by atoms with van der Waals surface area (Å²) in [6.45, 7) is 8.17. The SMILES string of the molecule is CCCCC(C)OC(=O)/C=C/C(=O)OCC(C)C. The van der Waals surface area contributed by atoms with Crippen molar-refractivity contribution in [3.8, 4) is 0 Å². The maximum Gasteiger partial charge on any atom is 0.331 e. The van der Waals surface area contributed by atoms with Gasteiger partial charge in [0.25, 0.3) is 0 Å². The summed E-state index contributed by atoms with van der Waals surface area (Å²) in [5.74, 6) is -0.731. The number of hydrogen-bond donors (Lipinski definition) is 0. The van der Waals surface area contributed by atoms with Gasteiger partial charge < -0.3 is 9.47 Å². The Labute approximate surface area is 109 Å². The van der Waals surface area contributed by atoms with Gasteiger partial charge in [-0.2, -0.15) is 0 Å². The molecule has 0 amide bonds. The Morgan fingerprint density at radius 1 is 1.11 bits per heavy atom. The molecule has 4 nitrogen and oxygen atoms in total. The Morgan fingerprint density at radius 2 is 1.72 bits per heavy atom. The fraction of sp³-hybridized carbons (Fsp3) is 0.714. The Balaban J connectivity index is 3.88. The second-order valence-corrected chi connectivity index (χ2v) is 4.75. The zero-order chi connectivity index (χ0) is 14.0. The number of esters is 2. The lowest BCUT2D eigenvalue weighted by Crippen LogP contribution is -2.13. The highest BCUT2D eigenvalue weighted by Gasteiger charge is 2.07. The normalized spacial score (nSPS) is 12.7. The molecule has 0 aromatic heterocycles. The van der Waals surface area contributed by atoms with Crippen molar-refractivity contribution in [1.29, 1.82) is 0 Å². The second kappa shape index (κ2) is 9.68. The third-order valence-electron chi connectivity index (χ3n) is 2.20. The molecule has 0 saturated heterocycles. The highest BCUT2D eigenvalue weighted by molar-refractivity contribution is 5.91. The van der Waals surface area contributed by atoms with Crippen LogP contribution in [-0.4, -0.2) is 24.6 Å². The fourth-order valence-corrected chi connectivity index (χ4v) is 1.22. The van der Waals surface area contributed by atoms with E-state index in [-0.39, 0.29) is 12.0 Å². The molecule has 0 saturated carbocycles. The standard InChI is InChI=1S/C14H24O4/c1-5-6-7-12(4)18-14(16)9-8-13(15)17-10-11(2)3/h8-9,11-12H,5-7,10H2,1-4H3/b9-8+. The molecular formula is C14H24O4. The Bertz CT molecular complexity index is 282. The molecule has 0 bridgehead atoms. The van der Waals surface area contributed by atoms with E-state index >= 15 is 0 Å². The number of hydrogen-bond acceptors (Lipinski definition) is 4. The summed E-state index contributed by atoms with van der Waals surface area (Å²) in [7, 11) is 0. The molecular weight excluding hydrogens is 232 g/mol. The lowest BCUT2D eigenvalue weighted by molar-refractivity contribution is -0.144. The van der Waals surface area contributed by atoms with E-state index in [0.29, 0.717) is 6.61 Å². The van der Waals surface area contributed by atoms with Gasteiger partial charge in [-0.1, -0.05) is 33.6 Å². The molecule has 18 heavy (non-hydrogen) atoms. The van der Waals surface area contributed by atoms with E-state index in [1.807, 2.05) is 20.8 Å². The summed E-state index contributed by atoms with van der Waals surface area (Å²) in [5.41, 5.74) is 0. The van der Waals surface area contributed by atoms with Crippen molar-refractivity contribution in [3.05, 3.63) is 12.2 Å². The van der Waals surface area contributed by atoms with Crippen LogP contribution in [0.25, 0.3) is 0 Å². The number of rotatable bonds is 8. The summed E-state index contributed by atoms with van der Waals surface area (Å²) in [6, 6.07) is 0. The van der Waals surface area contributed by atoms with E-state index in [0.717, 1.165) is 31.4 Å². The van der Waals surface area contributed by atoms with Crippen molar-refractivity contribution in [1.82, 2.24) is 0 Å². The summed E-state index contributed by atoms with van der Waals surface area (Å²) >= 11 is 0. The van der Waals surface area contributed by atoms with Crippen molar-refractivity contribution in [2.45, 2.75) is 53.1 Å². The van der Waals surface area contributed by atoms with Gasteiger partial charge in [-0.15, -0.1) is 0 Å². The first-order valence-corrected chi connectivity index (χ1v) is 6.51. The smallest absolute Gasteiger partial charge is 0.331 e. The molecule has 0 spiro atoms. The van der Waals surface area contributed by atoms with Gasteiger partial charge in [-0.3, -0.25) is 0 Å². The van der Waals surface area contributed by atoms with Crippen molar-refractivity contribution < 1.29 is 19.1 Å². The molecule has 0 fully saturated rings. The summed E-state index contributed by atoms with van der Waals surface area (Å²) in [4.78, 5) is 22.5. The quantitative estimate of drug-likeness (QED) is 0.495. The van der Waals surface area contributed by atoms with Crippen molar-refractivity contribution in [3.63, 3.8) is 0 Å². The molecule has 0 aromatic carbocycles. The summed E-state index contributed by atoms with van der Waals surface area (Å²) in [6.07, 6.45) is 5.04. The van der Waals surface area contributed by atoms with Gasteiger partial charge in [0.05, 0.1) is 12.7 Å². The Hall–Kier alpha value is -1.32. The maximum atomic E-state index is 11.3. The van der Waals surface area contributed by atoms with Crippen molar-refractivity contribution in [2.75, 3.05) is 6.61 Å². The van der Waals surface area contributed by atoms with Crippen LogP contribution in [0.5, 0.6) is 0 Å². The number of carbonyl (C=O) groups excluding carboxylic acids is 2. The molecule has 0 N–H and O–H groups in total. The molecule has 0 radical (unpaired) electrons. The number of ether oxygens (including phenoxy) is 2. The van der Waals surface area contributed by atoms with Crippen LogP contribution in [0, 0.1) is 5.92 Å². The maximum absolute atomic E-state index is 11.3. The van der Waals surface area contributed by atoms with Crippen LogP contribution in [0.1, 0.15) is 47.0 Å². The highest BCUT2D eigenvalue weighted by atomic mass is 16.5. The van der Waals surface area contributed by atoms with Crippen molar-refractivity contribution in [2.24, 2.45) is 5.92 Å². The van der Waals surface area contributed by atoms with E-state index in [1.165, 1.54) is 0 Å². The molecule has 4 heteroatoms. The van der Waals surface area contributed by atoms with Crippen molar-refractivity contribution >= 4 is 11.9 Å². The minimum absolute atomic E-state index is 0.117. The molecule has 1 unspecified atom stereocenters. The predicted octanol–water partition coefficient (Wildman–Crippen LogP) is 2.86. The lowest BCUT2D eigenvalue weighted by atomic mass is 10.2. The first-order valence-electron chi connectivity index (χ1n) is 6.51. The number of carbonyl (C=O) groups is 2. The van der Waals surface area contributed by atoms with Gasteiger partial charge in [-0.05, 0) is 19.3 Å². The Morgan fingerprint density at radius 3 is 2.28 bits per heavy atom. The first-order chi connectivity index (χ1) is 8.45. The molecule has 0 rings (SSSR count). The van der Waals surface area contributed by atoms with Crippen LogP contribution in [-0.2, 0) is 19.1 Å². The van der Waals surface area contributed by atoms with Crippen LogP contribution in [0.15, 0.2) is 12.2 Å². The summed E-state index contributed by atoms with van der Waals surface area (Å²) in [5, 5.41) is 0. The third kappa shape index (κ3) is 9.87. The third-order valence-corrected chi connectivity index (χ3v) is 2.20. The van der Waals surface area contributed by atoms with Crippen LogP contribution in [0.4, 0.5) is 0 Å². The highest BCUT2D eigenvalue weighted by Crippen LogP contribution is 2.04. The van der Waals surface area contributed by atoms with Crippen LogP contribution in [0.2, 0.25) is 0 Å². The van der Waals surface area contributed by atoms with E-state index < -0.39 is 11.9 Å². The molecule has 0 aliphatic carbocycles. The van der Waals surface area contributed by atoms with Gasteiger partial charge in [0.1, 0.15) is 0 Å². The fourth-order valence-electron chi connectivity index (χ4n) is 1.22. The van der Waals surface area contributed by atoms with Gasteiger partial charge in [0, 0.05) is 12.2 Å². The van der Waals surface area contributed by atoms with E-state index in [2.05, 4.69) is 6.92 Å². The van der Waals surface area contributed by atoms with Gasteiger partial charge in [-0.25, -0.2) is 9.59 Å². The first kappa shape index (κ1) is 16.7. The second-order valence-electron chi connectivity index (χ2n) is 4.75. The summed E-state index contributed by atoms with van der Waals surface area (Å²) < 4.78 is 9.99. The molecule has 0 aromatic rings. The van der Waals surface area contributed by atoms with Gasteiger partial charge in [0.15, 0.2) is 0 Å². The Kier molecular flexibility index (Phi) is 8.97. The predicted molar refractivity (Wildman–Crippen MR) is 70.0 cm³/mol. The van der Waals surface area contributed by atoms with Crippen LogP contribution >= 0.6 is 0 Å². The minimum atomic E-state index is -0.512. The largest absolute Gasteiger partial charge is 0.462 e. The zero-order valence-corrected chi connectivity index (χ0v) is 11.8. The minimum Gasteiger partial charge on any atom is -0.462 e. The average molecular weight is 256 g/mol. The van der Waals surface area contributed by atoms with Gasteiger partial charge in [0.2, 0.25) is 0 Å². The topological polar surface area (TPSA) is 52.6 Å². The molecule has 1 atom stereocenters. The van der Waals surface area contributed by atoms with E-state index in [4.69, 9.17) is 9.47 Å². The van der Waals surface area contributed by atoms with E-state index in [1.54, 1.807) is 0 Å².